The van der Waals surface area contributed by atoms with E-state index in [1.165, 1.54) is 37.9 Å². The zero-order valence-corrected chi connectivity index (χ0v) is 16.9. The van der Waals surface area contributed by atoms with Gasteiger partial charge in [0.25, 0.3) is 0 Å². The number of benzene rings is 1. The first-order valence-electron chi connectivity index (χ1n) is 10.9. The minimum Gasteiger partial charge on any atom is -0.342 e. The van der Waals surface area contributed by atoms with Crippen molar-refractivity contribution in [1.29, 1.82) is 0 Å². The van der Waals surface area contributed by atoms with E-state index in [2.05, 4.69) is 52.1 Å². The number of rotatable bonds is 5. The Morgan fingerprint density at radius 2 is 1.81 bits per heavy atom. The van der Waals surface area contributed by atoms with Crippen LogP contribution in [0.15, 0.2) is 30.3 Å². The molecule has 1 atom stereocenters. The van der Waals surface area contributed by atoms with Gasteiger partial charge in [0.05, 0.1) is 5.41 Å². The van der Waals surface area contributed by atoms with E-state index in [1.54, 1.807) is 0 Å². The summed E-state index contributed by atoms with van der Waals surface area (Å²) in [5.74, 6) is 0.456. The summed E-state index contributed by atoms with van der Waals surface area (Å²) in [6.07, 6.45) is 8.03. The molecule has 1 amide bonds. The van der Waals surface area contributed by atoms with E-state index in [4.69, 9.17) is 0 Å². The number of aryl methyl sites for hydroxylation is 1. The van der Waals surface area contributed by atoms with Crippen LogP contribution in [-0.2, 0) is 11.2 Å². The first-order valence-corrected chi connectivity index (χ1v) is 10.9. The van der Waals surface area contributed by atoms with Crippen LogP contribution in [0.1, 0.15) is 44.1 Å². The standard InChI is InChI=1S/C23H35N3O/c1-24-16-10-21(11-17-24)26-18-13-23(19-26)12-6-15-25(22(23)27)14-5-9-20-7-3-2-4-8-20/h2-4,7-8,21H,5-6,9-19H2,1H3/t23-/m1/s1. The van der Waals surface area contributed by atoms with Crippen molar-refractivity contribution in [3.63, 3.8) is 0 Å². The highest BCUT2D eigenvalue weighted by Gasteiger charge is 2.49. The number of carbonyl (C=O) groups is 1. The SMILES string of the molecule is CN1CCC(N2CC[C@]3(CCCN(CCCc4ccccc4)C3=O)C2)CC1. The molecule has 3 saturated heterocycles. The number of piperidine rings is 2. The molecule has 1 spiro atoms. The quantitative estimate of drug-likeness (QED) is 0.798. The molecule has 3 aliphatic rings. The van der Waals surface area contributed by atoms with Gasteiger partial charge in [0.15, 0.2) is 0 Å². The van der Waals surface area contributed by atoms with Gasteiger partial charge in [0.2, 0.25) is 5.91 Å². The van der Waals surface area contributed by atoms with Crippen LogP contribution in [0.2, 0.25) is 0 Å². The second-order valence-corrected chi connectivity index (χ2v) is 9.02. The molecule has 4 heteroatoms. The normalized spacial score (nSPS) is 28.3. The molecule has 3 aliphatic heterocycles. The molecule has 1 aromatic carbocycles. The van der Waals surface area contributed by atoms with Crippen molar-refractivity contribution in [1.82, 2.24) is 14.7 Å². The third-order valence-corrected chi connectivity index (χ3v) is 7.15. The molecule has 1 aromatic rings. The molecule has 0 unspecified atom stereocenters. The Hall–Kier alpha value is -1.39. The molecular formula is C23H35N3O. The Morgan fingerprint density at radius 3 is 2.59 bits per heavy atom. The highest BCUT2D eigenvalue weighted by atomic mass is 16.2. The summed E-state index contributed by atoms with van der Waals surface area (Å²) in [4.78, 5) is 20.6. The number of amides is 1. The Morgan fingerprint density at radius 1 is 1.04 bits per heavy atom. The van der Waals surface area contributed by atoms with Crippen LogP contribution in [0, 0.1) is 5.41 Å². The second-order valence-electron chi connectivity index (χ2n) is 9.02. The lowest BCUT2D eigenvalue weighted by molar-refractivity contribution is -0.145. The molecule has 3 fully saturated rings. The van der Waals surface area contributed by atoms with Gasteiger partial charge in [-0.3, -0.25) is 9.69 Å². The number of hydrogen-bond acceptors (Lipinski definition) is 3. The van der Waals surface area contributed by atoms with E-state index in [1.807, 2.05) is 0 Å². The third-order valence-electron chi connectivity index (χ3n) is 7.15. The van der Waals surface area contributed by atoms with Gasteiger partial charge in [-0.2, -0.15) is 0 Å². The van der Waals surface area contributed by atoms with Gasteiger partial charge >= 0.3 is 0 Å². The van der Waals surface area contributed by atoms with Gasteiger partial charge in [-0.25, -0.2) is 0 Å². The smallest absolute Gasteiger partial charge is 0.230 e. The van der Waals surface area contributed by atoms with Crippen molar-refractivity contribution in [2.45, 2.75) is 51.0 Å². The molecule has 0 bridgehead atoms. The van der Waals surface area contributed by atoms with Crippen LogP contribution in [0.5, 0.6) is 0 Å². The summed E-state index contributed by atoms with van der Waals surface area (Å²) >= 11 is 0. The molecule has 0 N–H and O–H groups in total. The van der Waals surface area contributed by atoms with Gasteiger partial charge in [-0.1, -0.05) is 30.3 Å². The lowest BCUT2D eigenvalue weighted by Gasteiger charge is -2.41. The molecule has 3 heterocycles. The lowest BCUT2D eigenvalue weighted by atomic mass is 9.78. The van der Waals surface area contributed by atoms with Crippen LogP contribution in [0.3, 0.4) is 0 Å². The minimum absolute atomic E-state index is 0.0751. The summed E-state index contributed by atoms with van der Waals surface area (Å²) in [5.41, 5.74) is 1.31. The summed E-state index contributed by atoms with van der Waals surface area (Å²) in [5, 5.41) is 0. The van der Waals surface area contributed by atoms with Crippen molar-refractivity contribution < 1.29 is 4.79 Å². The maximum Gasteiger partial charge on any atom is 0.230 e. The topological polar surface area (TPSA) is 26.8 Å². The van der Waals surface area contributed by atoms with Crippen molar-refractivity contribution in [2.24, 2.45) is 5.41 Å². The molecular weight excluding hydrogens is 334 g/mol. The summed E-state index contributed by atoms with van der Waals surface area (Å²) in [6.45, 7) is 6.42. The van der Waals surface area contributed by atoms with Gasteiger partial charge in [-0.15, -0.1) is 0 Å². The predicted molar refractivity (Wildman–Crippen MR) is 110 cm³/mol. The van der Waals surface area contributed by atoms with Crippen LogP contribution >= 0.6 is 0 Å². The number of hydrogen-bond donors (Lipinski definition) is 0. The predicted octanol–water partition coefficient (Wildman–Crippen LogP) is 3.03. The van der Waals surface area contributed by atoms with Crippen molar-refractivity contribution >= 4 is 5.91 Å². The molecule has 148 valence electrons. The fourth-order valence-electron chi connectivity index (χ4n) is 5.44. The van der Waals surface area contributed by atoms with E-state index in [0.29, 0.717) is 11.9 Å². The highest BCUT2D eigenvalue weighted by Crippen LogP contribution is 2.41. The van der Waals surface area contributed by atoms with E-state index in [-0.39, 0.29) is 5.41 Å². The van der Waals surface area contributed by atoms with Gasteiger partial charge in [-0.05, 0) is 77.2 Å². The van der Waals surface area contributed by atoms with Crippen molar-refractivity contribution in [2.75, 3.05) is 46.3 Å². The van der Waals surface area contributed by atoms with Gasteiger partial charge < -0.3 is 9.80 Å². The van der Waals surface area contributed by atoms with Crippen molar-refractivity contribution in [3.05, 3.63) is 35.9 Å². The van der Waals surface area contributed by atoms with Crippen LogP contribution in [0.4, 0.5) is 0 Å². The molecule has 0 saturated carbocycles. The third kappa shape index (κ3) is 4.22. The number of likely N-dealkylation sites (tertiary alicyclic amines) is 3. The molecule has 4 nitrogen and oxygen atoms in total. The summed E-state index contributed by atoms with van der Waals surface area (Å²) in [7, 11) is 2.22. The fourth-order valence-corrected chi connectivity index (χ4v) is 5.44. The van der Waals surface area contributed by atoms with Crippen LogP contribution in [-0.4, -0.2) is 73.0 Å². The van der Waals surface area contributed by atoms with Gasteiger partial charge in [0, 0.05) is 25.7 Å². The monoisotopic (exact) mass is 369 g/mol. The Labute approximate surface area is 164 Å². The van der Waals surface area contributed by atoms with E-state index < -0.39 is 0 Å². The fraction of sp³-hybridized carbons (Fsp3) is 0.696. The maximum atomic E-state index is 13.4. The summed E-state index contributed by atoms with van der Waals surface area (Å²) < 4.78 is 0. The first kappa shape index (κ1) is 18.9. The second kappa shape index (κ2) is 8.32. The molecule has 0 aromatic heterocycles. The molecule has 0 radical (unpaired) electrons. The van der Waals surface area contributed by atoms with Crippen LogP contribution in [0.25, 0.3) is 0 Å². The average molecular weight is 370 g/mol. The number of nitrogens with zero attached hydrogens (tertiary/aromatic N) is 3. The largest absolute Gasteiger partial charge is 0.342 e. The number of carbonyl (C=O) groups excluding carboxylic acids is 1. The highest BCUT2D eigenvalue weighted by molar-refractivity contribution is 5.84. The summed E-state index contributed by atoms with van der Waals surface area (Å²) in [6, 6.07) is 11.4. The van der Waals surface area contributed by atoms with Crippen molar-refractivity contribution in [3.8, 4) is 0 Å². The Balaban J connectivity index is 1.31. The minimum atomic E-state index is -0.0751. The van der Waals surface area contributed by atoms with E-state index in [9.17, 15) is 4.79 Å². The molecule has 4 rings (SSSR count). The average Bonchev–Trinajstić information content (AvgIpc) is 3.12. The molecule has 27 heavy (non-hydrogen) atoms. The van der Waals surface area contributed by atoms with Crippen LogP contribution < -0.4 is 0 Å². The van der Waals surface area contributed by atoms with E-state index >= 15 is 0 Å². The zero-order chi connectivity index (χ0) is 18.7. The lowest BCUT2D eigenvalue weighted by Crippen LogP contribution is -2.51. The zero-order valence-electron chi connectivity index (χ0n) is 16.9. The molecule has 0 aliphatic carbocycles. The van der Waals surface area contributed by atoms with Gasteiger partial charge in [0.1, 0.15) is 0 Å². The maximum absolute atomic E-state index is 13.4. The Kier molecular flexibility index (Phi) is 5.84. The Bertz CT molecular complexity index is 626. The first-order chi connectivity index (χ1) is 13.2. The van der Waals surface area contributed by atoms with E-state index in [0.717, 1.165) is 51.9 Å².